The largest absolute Gasteiger partial charge is 0.456 e. The van der Waals surface area contributed by atoms with Gasteiger partial charge in [-0.2, -0.15) is 0 Å². The molecule has 0 saturated heterocycles. The average Bonchev–Trinajstić information content (AvgIpc) is 3.93. The molecular weight excluding hydrogens is 689 g/mol. The maximum atomic E-state index is 6.26. The van der Waals surface area contributed by atoms with Gasteiger partial charge >= 0.3 is 0 Å². The number of hydrogen-bond acceptors (Lipinski definition) is 3. The third-order valence-electron chi connectivity index (χ3n) is 11.0. The van der Waals surface area contributed by atoms with Crippen LogP contribution in [-0.4, -0.2) is 11.1 Å². The van der Waals surface area contributed by atoms with Crippen molar-refractivity contribution in [3.63, 3.8) is 0 Å². The van der Waals surface area contributed by atoms with Gasteiger partial charge in [-0.3, -0.25) is 0 Å². The molecular formula is C51H38N2OS. The highest BCUT2D eigenvalue weighted by Crippen LogP contribution is 2.41. The number of thiophene rings is 1. The summed E-state index contributed by atoms with van der Waals surface area (Å²) in [4.78, 5) is 0. The van der Waals surface area contributed by atoms with Gasteiger partial charge < -0.3 is 14.7 Å². The van der Waals surface area contributed by atoms with Crippen molar-refractivity contribution in [1.29, 1.82) is 0 Å². The fourth-order valence-electron chi connectivity index (χ4n) is 8.40. The molecule has 0 radical (unpaired) electrons. The first-order valence-corrected chi connectivity index (χ1v) is 19.6. The third-order valence-corrected chi connectivity index (χ3v) is 12.2. The van der Waals surface area contributed by atoms with Crippen LogP contribution < -0.4 is 5.73 Å². The predicted molar refractivity (Wildman–Crippen MR) is 235 cm³/mol. The summed E-state index contributed by atoms with van der Waals surface area (Å²) in [6.07, 6.45) is 0. The first kappa shape index (κ1) is 33.1. The number of furan rings is 1. The van der Waals surface area contributed by atoms with Crippen LogP contribution >= 0.6 is 11.3 Å². The Bertz CT molecular complexity index is 3150. The number of fused-ring (bicyclic) bond motifs is 9. The van der Waals surface area contributed by atoms with Crippen LogP contribution in [0.2, 0.25) is 0 Å². The number of rotatable bonds is 5. The molecule has 1 unspecified atom stereocenters. The maximum absolute atomic E-state index is 6.26. The fourth-order valence-corrected chi connectivity index (χ4v) is 9.67. The van der Waals surface area contributed by atoms with Crippen molar-refractivity contribution in [2.75, 3.05) is 6.54 Å². The van der Waals surface area contributed by atoms with Crippen molar-refractivity contribution < 1.29 is 4.42 Å². The van der Waals surface area contributed by atoms with E-state index in [9.17, 15) is 0 Å². The zero-order chi connectivity index (χ0) is 36.9. The Morgan fingerprint density at radius 2 is 1.25 bits per heavy atom. The Kier molecular flexibility index (Phi) is 8.28. The van der Waals surface area contributed by atoms with Gasteiger partial charge in [-0.15, -0.1) is 11.3 Å². The maximum Gasteiger partial charge on any atom is 0.138 e. The van der Waals surface area contributed by atoms with Crippen molar-refractivity contribution in [3.8, 4) is 16.8 Å². The molecule has 3 aromatic heterocycles. The molecule has 0 aliphatic heterocycles. The molecule has 0 saturated carbocycles. The minimum Gasteiger partial charge on any atom is -0.456 e. The first-order chi connectivity index (χ1) is 27.2. The second kappa shape index (κ2) is 13.7. The van der Waals surface area contributed by atoms with E-state index < -0.39 is 0 Å². The average molecular weight is 727 g/mol. The van der Waals surface area contributed by atoms with Gasteiger partial charge in [-0.1, -0.05) is 140 Å². The number of nitrogens with two attached hydrogens (primary N) is 1. The van der Waals surface area contributed by atoms with Gasteiger partial charge in [0.2, 0.25) is 0 Å². The van der Waals surface area contributed by atoms with Crippen molar-refractivity contribution in [2.24, 2.45) is 5.73 Å². The smallest absolute Gasteiger partial charge is 0.138 e. The van der Waals surface area contributed by atoms with E-state index in [1.807, 2.05) is 11.3 Å². The summed E-state index contributed by atoms with van der Waals surface area (Å²) in [5.41, 5.74) is 17.8. The Labute approximate surface area is 323 Å². The standard InChI is InChI=1S/C31H21NO.C20H17NS/c1-20-9-7-14-25-30-23(13-8-16-29(30)33-31(20)25)21-17-18-28-26(19-21)24-12-5-6-15-27(24)32(28)22-10-3-2-4-11-22;21-13-18(14-7-2-1-3-8-14)17-11-6-10-16-15-9-4-5-12-19(15)22-20(16)17/h2-19H,1H3;1-12,18H,13,21H2. The van der Waals surface area contributed by atoms with Gasteiger partial charge in [-0.05, 0) is 77.2 Å². The Morgan fingerprint density at radius 1 is 0.582 bits per heavy atom. The van der Waals surface area contributed by atoms with Gasteiger partial charge in [-0.25, -0.2) is 0 Å². The van der Waals surface area contributed by atoms with E-state index in [1.165, 1.54) is 80.7 Å². The van der Waals surface area contributed by atoms with Crippen molar-refractivity contribution in [2.45, 2.75) is 12.8 Å². The minimum absolute atomic E-state index is 0.248. The van der Waals surface area contributed by atoms with Crippen LogP contribution in [0, 0.1) is 6.92 Å². The van der Waals surface area contributed by atoms with Crippen molar-refractivity contribution in [1.82, 2.24) is 4.57 Å². The highest BCUT2D eigenvalue weighted by molar-refractivity contribution is 7.26. The number of aromatic nitrogens is 1. The number of benzene rings is 8. The molecule has 0 bridgehead atoms. The van der Waals surface area contributed by atoms with Gasteiger partial charge in [0.1, 0.15) is 11.2 Å². The summed E-state index contributed by atoms with van der Waals surface area (Å²) in [5, 5.41) is 7.56. The quantitative estimate of drug-likeness (QED) is 0.192. The van der Waals surface area contributed by atoms with Crippen LogP contribution in [0.3, 0.4) is 0 Å². The van der Waals surface area contributed by atoms with E-state index in [2.05, 4.69) is 193 Å². The van der Waals surface area contributed by atoms with E-state index in [0.29, 0.717) is 6.54 Å². The van der Waals surface area contributed by atoms with Gasteiger partial charge in [0.25, 0.3) is 0 Å². The molecule has 11 rings (SSSR count). The lowest BCUT2D eigenvalue weighted by atomic mass is 9.90. The van der Waals surface area contributed by atoms with Crippen LogP contribution in [0.25, 0.3) is 80.7 Å². The summed E-state index contributed by atoms with van der Waals surface area (Å²) < 4.78 is 11.3. The Morgan fingerprint density at radius 3 is 2.09 bits per heavy atom. The zero-order valence-corrected chi connectivity index (χ0v) is 31.3. The predicted octanol–water partition coefficient (Wildman–Crippen LogP) is 13.8. The molecule has 1 atom stereocenters. The Balaban J connectivity index is 0.000000147. The van der Waals surface area contributed by atoms with Crippen LogP contribution in [-0.2, 0) is 0 Å². The van der Waals surface area contributed by atoms with Gasteiger partial charge in [0.15, 0.2) is 0 Å². The second-order valence-corrected chi connectivity index (χ2v) is 15.2. The molecule has 8 aromatic carbocycles. The summed E-state index contributed by atoms with van der Waals surface area (Å²) in [5.74, 6) is 0.248. The molecule has 0 fully saturated rings. The van der Waals surface area contributed by atoms with Crippen molar-refractivity contribution >= 4 is 75.3 Å². The molecule has 11 aromatic rings. The summed E-state index contributed by atoms with van der Waals surface area (Å²) >= 11 is 1.87. The molecule has 0 spiro atoms. The lowest BCUT2D eigenvalue weighted by molar-refractivity contribution is 0.666. The lowest BCUT2D eigenvalue weighted by Gasteiger charge is -2.16. The molecule has 264 valence electrons. The molecule has 4 heteroatoms. The molecule has 0 aliphatic carbocycles. The van der Waals surface area contributed by atoms with Crippen molar-refractivity contribution in [3.05, 3.63) is 199 Å². The van der Waals surface area contributed by atoms with E-state index >= 15 is 0 Å². The minimum atomic E-state index is 0.248. The second-order valence-electron chi connectivity index (χ2n) is 14.2. The van der Waals surface area contributed by atoms with Gasteiger partial charge in [0, 0.05) is 59.9 Å². The van der Waals surface area contributed by atoms with Crippen LogP contribution in [0.15, 0.2) is 186 Å². The van der Waals surface area contributed by atoms with E-state index in [0.717, 1.165) is 16.7 Å². The molecule has 0 amide bonds. The molecule has 2 N–H and O–H groups in total. The van der Waals surface area contributed by atoms with Crippen LogP contribution in [0.1, 0.15) is 22.6 Å². The molecule has 55 heavy (non-hydrogen) atoms. The topological polar surface area (TPSA) is 44.1 Å². The zero-order valence-electron chi connectivity index (χ0n) is 30.4. The normalized spacial score (nSPS) is 12.2. The van der Waals surface area contributed by atoms with E-state index in [1.54, 1.807) is 0 Å². The fraction of sp³-hybridized carbons (Fsp3) is 0.0588. The number of aryl methyl sites for hydroxylation is 1. The summed E-state index contributed by atoms with van der Waals surface area (Å²) in [6.45, 7) is 2.73. The molecule has 3 nitrogen and oxygen atoms in total. The third kappa shape index (κ3) is 5.61. The number of nitrogens with zero attached hydrogens (tertiary/aromatic N) is 1. The van der Waals surface area contributed by atoms with Gasteiger partial charge in [0.05, 0.1) is 11.0 Å². The summed E-state index contributed by atoms with van der Waals surface area (Å²) in [7, 11) is 0. The van der Waals surface area contributed by atoms with E-state index in [-0.39, 0.29) is 5.92 Å². The highest BCUT2D eigenvalue weighted by atomic mass is 32.1. The summed E-state index contributed by atoms with van der Waals surface area (Å²) in [6, 6.07) is 64.6. The molecule has 0 aliphatic rings. The van der Waals surface area contributed by atoms with Crippen LogP contribution in [0.5, 0.6) is 0 Å². The number of hydrogen-bond donors (Lipinski definition) is 1. The monoisotopic (exact) mass is 726 g/mol. The highest BCUT2D eigenvalue weighted by Gasteiger charge is 2.19. The SMILES string of the molecule is Cc1cccc2c1oc1cccc(-c3ccc4c(c3)c3ccccc3n4-c3ccccc3)c12.NCC(c1ccccc1)c1cccc2c1sc1ccccc12. The Hall–Kier alpha value is -6.46. The number of para-hydroxylation sites is 3. The van der Waals surface area contributed by atoms with Crippen LogP contribution in [0.4, 0.5) is 0 Å². The van der Waals surface area contributed by atoms with E-state index in [4.69, 9.17) is 10.2 Å². The first-order valence-electron chi connectivity index (χ1n) is 18.8. The molecule has 3 heterocycles. The lowest BCUT2D eigenvalue weighted by Crippen LogP contribution is -2.13.